The van der Waals surface area contributed by atoms with Crippen LogP contribution >= 0.6 is 31.9 Å². The van der Waals surface area contributed by atoms with Crippen molar-refractivity contribution in [3.05, 3.63) is 68.1 Å². The molecule has 27 heavy (non-hydrogen) atoms. The van der Waals surface area contributed by atoms with Gasteiger partial charge in [0.1, 0.15) is 11.6 Å². The first-order chi connectivity index (χ1) is 12.5. The van der Waals surface area contributed by atoms with Crippen molar-refractivity contribution in [1.29, 1.82) is 0 Å². The fourth-order valence-electron chi connectivity index (χ4n) is 3.10. The maximum absolute atomic E-state index is 14.2. The van der Waals surface area contributed by atoms with Gasteiger partial charge in [-0.25, -0.2) is 8.78 Å². The quantitative estimate of drug-likeness (QED) is 0.338. The molecular formula is C22H26Br2F2O. The van der Waals surface area contributed by atoms with Crippen molar-refractivity contribution >= 4 is 31.9 Å². The molecule has 0 aliphatic carbocycles. The molecule has 0 saturated carbocycles. The molecule has 1 nitrogen and oxygen atoms in total. The minimum Gasteiger partial charge on any atom is -0.381 e. The molecule has 0 aliphatic heterocycles. The molecule has 0 aliphatic rings. The molecule has 0 fully saturated rings. The highest BCUT2D eigenvalue weighted by Crippen LogP contribution is 2.32. The minimum absolute atomic E-state index is 0.207. The fourth-order valence-corrected chi connectivity index (χ4v) is 3.77. The molecule has 0 bridgehead atoms. The van der Waals surface area contributed by atoms with Crippen LogP contribution in [-0.2, 0) is 15.6 Å². The zero-order chi connectivity index (χ0) is 20.2. The zero-order valence-electron chi connectivity index (χ0n) is 16.2. The van der Waals surface area contributed by atoms with Crippen LogP contribution in [0, 0.1) is 11.6 Å². The van der Waals surface area contributed by atoms with E-state index in [-0.39, 0.29) is 22.5 Å². The van der Waals surface area contributed by atoms with E-state index in [4.69, 9.17) is 4.74 Å². The number of ether oxygens (including phenoxy) is 1. The van der Waals surface area contributed by atoms with Crippen LogP contribution < -0.4 is 0 Å². The maximum Gasteiger partial charge on any atom is 0.128 e. The van der Waals surface area contributed by atoms with E-state index in [1.165, 1.54) is 12.1 Å². The van der Waals surface area contributed by atoms with Gasteiger partial charge in [-0.05, 0) is 59.1 Å². The predicted octanol–water partition coefficient (Wildman–Crippen LogP) is 7.54. The molecular weight excluding hydrogens is 478 g/mol. The molecule has 0 aromatic heterocycles. The van der Waals surface area contributed by atoms with Crippen molar-refractivity contribution in [3.63, 3.8) is 0 Å². The summed E-state index contributed by atoms with van der Waals surface area (Å²) in [5.41, 5.74) is 0.731. The molecule has 0 atom stereocenters. The van der Waals surface area contributed by atoms with Crippen molar-refractivity contribution in [2.45, 2.75) is 51.4 Å². The van der Waals surface area contributed by atoms with E-state index in [2.05, 4.69) is 31.9 Å². The average Bonchev–Trinajstić information content (AvgIpc) is 2.53. The number of hydrogen-bond acceptors (Lipinski definition) is 1. The first-order valence-corrected chi connectivity index (χ1v) is 10.6. The third kappa shape index (κ3) is 6.10. The number of benzene rings is 2. The van der Waals surface area contributed by atoms with E-state index in [9.17, 15) is 8.78 Å². The predicted molar refractivity (Wildman–Crippen MR) is 114 cm³/mol. The zero-order valence-corrected chi connectivity index (χ0v) is 19.4. The van der Waals surface area contributed by atoms with Crippen LogP contribution in [0.2, 0.25) is 0 Å². The minimum atomic E-state index is -0.321. The first-order valence-electron chi connectivity index (χ1n) is 9.02. The van der Waals surface area contributed by atoms with Crippen molar-refractivity contribution in [2.75, 3.05) is 13.2 Å². The molecule has 0 heterocycles. The van der Waals surface area contributed by atoms with E-state index in [0.717, 1.165) is 8.95 Å². The molecule has 2 rings (SSSR count). The highest BCUT2D eigenvalue weighted by Gasteiger charge is 2.26. The average molecular weight is 504 g/mol. The van der Waals surface area contributed by atoms with Crippen molar-refractivity contribution in [2.24, 2.45) is 0 Å². The summed E-state index contributed by atoms with van der Waals surface area (Å²) in [6.45, 7) is 9.13. The molecule has 5 heteroatoms. The third-order valence-electron chi connectivity index (χ3n) is 5.06. The Morgan fingerprint density at radius 2 is 1.11 bits per heavy atom. The van der Waals surface area contributed by atoms with Crippen LogP contribution in [0.3, 0.4) is 0 Å². The molecule has 0 saturated heterocycles. The standard InChI is InChI=1S/C22H26Br2F2O/c1-21(2,17-7-5-15(23)13-19(17)25)9-11-27-12-10-22(3,4)18-8-6-16(24)14-20(18)26/h5-8,13-14H,9-12H2,1-4H3. The highest BCUT2D eigenvalue weighted by molar-refractivity contribution is 9.10. The van der Waals surface area contributed by atoms with Crippen molar-refractivity contribution < 1.29 is 13.5 Å². The van der Waals surface area contributed by atoms with Gasteiger partial charge in [-0.1, -0.05) is 71.7 Å². The van der Waals surface area contributed by atoms with Crippen LogP contribution in [0.15, 0.2) is 45.3 Å². The van der Waals surface area contributed by atoms with E-state index in [0.29, 0.717) is 37.2 Å². The Balaban J connectivity index is 1.87. The summed E-state index contributed by atoms with van der Waals surface area (Å²) in [5, 5.41) is 0. The Morgan fingerprint density at radius 1 is 0.741 bits per heavy atom. The molecule has 2 aromatic carbocycles. The highest BCUT2D eigenvalue weighted by atomic mass is 79.9. The van der Waals surface area contributed by atoms with Gasteiger partial charge >= 0.3 is 0 Å². The summed E-state index contributed by atoms with van der Waals surface area (Å²) in [6, 6.07) is 10.3. The van der Waals surface area contributed by atoms with Crippen LogP contribution in [0.1, 0.15) is 51.7 Å². The Hall–Kier alpha value is -0.780. The van der Waals surface area contributed by atoms with Gasteiger partial charge in [0.15, 0.2) is 0 Å². The lowest BCUT2D eigenvalue weighted by molar-refractivity contribution is 0.103. The smallest absolute Gasteiger partial charge is 0.128 e. The molecule has 0 N–H and O–H groups in total. The SMILES string of the molecule is CC(C)(CCOCCC(C)(C)c1ccc(Br)cc1F)c1ccc(Br)cc1F. The molecule has 2 aromatic rings. The Labute approximate surface area is 177 Å². The van der Waals surface area contributed by atoms with E-state index in [1.807, 2.05) is 52.0 Å². The van der Waals surface area contributed by atoms with Crippen LogP contribution in [-0.4, -0.2) is 13.2 Å². The van der Waals surface area contributed by atoms with E-state index in [1.54, 1.807) is 0 Å². The third-order valence-corrected chi connectivity index (χ3v) is 6.05. The number of hydrogen-bond donors (Lipinski definition) is 0. The molecule has 148 valence electrons. The molecule has 0 amide bonds. The first kappa shape index (κ1) is 22.5. The summed E-state index contributed by atoms with van der Waals surface area (Å²) in [4.78, 5) is 0. The fraction of sp³-hybridized carbons (Fsp3) is 0.455. The van der Waals surface area contributed by atoms with Gasteiger partial charge in [-0.2, -0.15) is 0 Å². The monoisotopic (exact) mass is 502 g/mol. The van der Waals surface area contributed by atoms with Crippen molar-refractivity contribution in [3.8, 4) is 0 Å². The maximum atomic E-state index is 14.2. The van der Waals surface area contributed by atoms with Gasteiger partial charge in [0.2, 0.25) is 0 Å². The summed E-state index contributed by atoms with van der Waals surface area (Å²) in [6.07, 6.45) is 1.41. The lowest BCUT2D eigenvalue weighted by Gasteiger charge is -2.28. The van der Waals surface area contributed by atoms with Gasteiger partial charge in [0.05, 0.1) is 0 Å². The topological polar surface area (TPSA) is 9.23 Å². The van der Waals surface area contributed by atoms with Gasteiger partial charge in [-0.3, -0.25) is 0 Å². The van der Waals surface area contributed by atoms with E-state index >= 15 is 0 Å². The summed E-state index contributed by atoms with van der Waals surface area (Å²) < 4.78 is 35.7. The van der Waals surface area contributed by atoms with Gasteiger partial charge in [-0.15, -0.1) is 0 Å². The second kappa shape index (κ2) is 9.15. The Morgan fingerprint density at radius 3 is 1.44 bits per heavy atom. The molecule has 0 unspecified atom stereocenters. The summed E-state index contributed by atoms with van der Waals surface area (Å²) in [5.74, 6) is -0.414. The Bertz CT molecular complexity index is 722. The van der Waals surface area contributed by atoms with Crippen LogP contribution in [0.5, 0.6) is 0 Å². The van der Waals surface area contributed by atoms with Gasteiger partial charge in [0.25, 0.3) is 0 Å². The van der Waals surface area contributed by atoms with Gasteiger partial charge < -0.3 is 4.74 Å². The molecule has 0 radical (unpaired) electrons. The molecule has 0 spiro atoms. The summed E-state index contributed by atoms with van der Waals surface area (Å²) in [7, 11) is 0. The summed E-state index contributed by atoms with van der Waals surface area (Å²) >= 11 is 6.58. The second-order valence-corrected chi connectivity index (χ2v) is 9.96. The largest absolute Gasteiger partial charge is 0.381 e. The number of rotatable bonds is 8. The van der Waals surface area contributed by atoms with Crippen LogP contribution in [0.25, 0.3) is 0 Å². The van der Waals surface area contributed by atoms with E-state index < -0.39 is 0 Å². The van der Waals surface area contributed by atoms with Crippen LogP contribution in [0.4, 0.5) is 8.78 Å². The normalized spacial score (nSPS) is 12.4. The number of halogens is 4. The lowest BCUT2D eigenvalue weighted by Crippen LogP contribution is -2.24. The second-order valence-electron chi connectivity index (χ2n) is 8.13. The lowest BCUT2D eigenvalue weighted by atomic mass is 9.81. The van der Waals surface area contributed by atoms with Gasteiger partial charge in [0, 0.05) is 22.2 Å². The Kier molecular flexibility index (Phi) is 7.62. The van der Waals surface area contributed by atoms with Crippen molar-refractivity contribution in [1.82, 2.24) is 0 Å².